The van der Waals surface area contributed by atoms with Crippen LogP contribution in [0.15, 0.2) is 47.0 Å². The third kappa shape index (κ3) is 4.92. The Morgan fingerprint density at radius 3 is 2.62 bits per heavy atom. The van der Waals surface area contributed by atoms with Gasteiger partial charge in [-0.2, -0.15) is 4.98 Å². The molecule has 0 radical (unpaired) electrons. The van der Waals surface area contributed by atoms with E-state index in [2.05, 4.69) is 28.9 Å². The highest BCUT2D eigenvalue weighted by Gasteiger charge is 2.32. The van der Waals surface area contributed by atoms with Gasteiger partial charge in [0, 0.05) is 43.7 Å². The van der Waals surface area contributed by atoms with Crippen LogP contribution in [0.5, 0.6) is 11.5 Å². The standard InChI is InChI=1S/C26H30N4O4/c1-18-7-9-19(10-8-18)25-27-22(34-28-25)16-29-11-13-30(14-12-29)23(31)17-32-21-6-4-5-20-15-26(2,3)33-24(20)21/h4-10H,11-17H2,1-3H3. The van der Waals surface area contributed by atoms with E-state index < -0.39 is 0 Å². The maximum absolute atomic E-state index is 12.7. The van der Waals surface area contributed by atoms with Crippen LogP contribution < -0.4 is 9.47 Å². The second-order valence-corrected chi connectivity index (χ2v) is 9.61. The summed E-state index contributed by atoms with van der Waals surface area (Å²) in [4.78, 5) is 21.3. The molecule has 0 unspecified atom stereocenters. The van der Waals surface area contributed by atoms with Gasteiger partial charge in [0.15, 0.2) is 18.1 Å². The molecule has 1 aromatic heterocycles. The summed E-state index contributed by atoms with van der Waals surface area (Å²) in [7, 11) is 0. The van der Waals surface area contributed by atoms with Crippen LogP contribution in [-0.4, -0.2) is 64.2 Å². The Labute approximate surface area is 199 Å². The fourth-order valence-corrected chi connectivity index (χ4v) is 4.42. The Balaban J connectivity index is 1.11. The van der Waals surface area contributed by atoms with Gasteiger partial charge in [-0.1, -0.05) is 47.1 Å². The number of hydrogen-bond acceptors (Lipinski definition) is 7. The zero-order valence-electron chi connectivity index (χ0n) is 19.9. The van der Waals surface area contributed by atoms with Crippen LogP contribution in [0.2, 0.25) is 0 Å². The molecule has 0 aliphatic carbocycles. The predicted octanol–water partition coefficient (Wildman–Crippen LogP) is 3.48. The summed E-state index contributed by atoms with van der Waals surface area (Å²) < 4.78 is 17.4. The van der Waals surface area contributed by atoms with Crippen molar-refractivity contribution in [1.29, 1.82) is 0 Å². The van der Waals surface area contributed by atoms with Gasteiger partial charge in [-0.15, -0.1) is 0 Å². The van der Waals surface area contributed by atoms with Crippen LogP contribution in [-0.2, 0) is 17.8 Å². The molecule has 1 amide bonds. The number of fused-ring (bicyclic) bond motifs is 1. The zero-order valence-corrected chi connectivity index (χ0v) is 19.9. The van der Waals surface area contributed by atoms with Gasteiger partial charge < -0.3 is 18.9 Å². The Morgan fingerprint density at radius 2 is 1.85 bits per heavy atom. The van der Waals surface area contributed by atoms with E-state index in [4.69, 9.17) is 14.0 Å². The molecule has 8 nitrogen and oxygen atoms in total. The predicted molar refractivity (Wildman–Crippen MR) is 127 cm³/mol. The number of para-hydroxylation sites is 1. The summed E-state index contributed by atoms with van der Waals surface area (Å²) in [6.45, 7) is 9.49. The third-order valence-electron chi connectivity index (χ3n) is 6.27. The van der Waals surface area contributed by atoms with Crippen molar-refractivity contribution in [3.05, 3.63) is 59.5 Å². The second kappa shape index (κ2) is 9.10. The van der Waals surface area contributed by atoms with Gasteiger partial charge in [0.05, 0.1) is 6.54 Å². The summed E-state index contributed by atoms with van der Waals surface area (Å²) in [5.41, 5.74) is 3.00. The van der Waals surface area contributed by atoms with Crippen molar-refractivity contribution in [3.63, 3.8) is 0 Å². The summed E-state index contributed by atoms with van der Waals surface area (Å²) in [5, 5.41) is 4.11. The van der Waals surface area contributed by atoms with Crippen molar-refractivity contribution in [3.8, 4) is 22.9 Å². The summed E-state index contributed by atoms with van der Waals surface area (Å²) in [6.07, 6.45) is 0.835. The van der Waals surface area contributed by atoms with Crippen molar-refractivity contribution in [2.75, 3.05) is 32.8 Å². The van der Waals surface area contributed by atoms with E-state index in [0.717, 1.165) is 36.4 Å². The van der Waals surface area contributed by atoms with Crippen LogP contribution in [0.3, 0.4) is 0 Å². The van der Waals surface area contributed by atoms with Crippen LogP contribution in [0.25, 0.3) is 11.4 Å². The smallest absolute Gasteiger partial charge is 0.260 e. The fraction of sp³-hybridized carbons (Fsp3) is 0.423. The minimum atomic E-state index is -0.249. The van der Waals surface area contributed by atoms with E-state index in [-0.39, 0.29) is 18.1 Å². The van der Waals surface area contributed by atoms with E-state index in [1.807, 2.05) is 54.3 Å². The molecule has 8 heteroatoms. The Kier molecular flexibility index (Phi) is 6.00. The number of carbonyl (C=O) groups excluding carboxylic acids is 1. The van der Waals surface area contributed by atoms with Crippen LogP contribution >= 0.6 is 0 Å². The first-order chi connectivity index (χ1) is 16.4. The largest absolute Gasteiger partial charge is 0.483 e. The van der Waals surface area contributed by atoms with E-state index in [1.165, 1.54) is 5.56 Å². The van der Waals surface area contributed by atoms with E-state index >= 15 is 0 Å². The van der Waals surface area contributed by atoms with E-state index in [0.29, 0.717) is 37.1 Å². The normalized spacial score (nSPS) is 17.3. The van der Waals surface area contributed by atoms with Crippen LogP contribution in [0.1, 0.15) is 30.9 Å². The molecule has 0 atom stereocenters. The van der Waals surface area contributed by atoms with E-state index in [1.54, 1.807) is 0 Å². The molecular weight excluding hydrogens is 432 g/mol. The lowest BCUT2D eigenvalue weighted by Crippen LogP contribution is -2.49. The molecule has 5 rings (SSSR count). The molecule has 3 heterocycles. The number of nitrogens with zero attached hydrogens (tertiary/aromatic N) is 4. The minimum Gasteiger partial charge on any atom is -0.483 e. The molecule has 34 heavy (non-hydrogen) atoms. The van der Waals surface area contributed by atoms with Crippen LogP contribution in [0, 0.1) is 6.92 Å². The van der Waals surface area contributed by atoms with Gasteiger partial charge in [0.2, 0.25) is 11.7 Å². The number of carbonyl (C=O) groups is 1. The third-order valence-corrected chi connectivity index (χ3v) is 6.27. The number of ether oxygens (including phenoxy) is 2. The number of amides is 1. The highest BCUT2D eigenvalue weighted by Crippen LogP contribution is 2.41. The molecule has 1 fully saturated rings. The maximum Gasteiger partial charge on any atom is 0.260 e. The van der Waals surface area contributed by atoms with E-state index in [9.17, 15) is 4.79 Å². The molecule has 2 aromatic carbocycles. The number of aryl methyl sites for hydroxylation is 1. The zero-order chi connectivity index (χ0) is 23.7. The molecule has 2 aliphatic heterocycles. The first kappa shape index (κ1) is 22.4. The lowest BCUT2D eigenvalue weighted by atomic mass is 10.0. The molecule has 178 valence electrons. The van der Waals surface area contributed by atoms with Gasteiger partial charge in [-0.05, 0) is 26.8 Å². The molecular formula is C26H30N4O4. The van der Waals surface area contributed by atoms with Crippen LogP contribution in [0.4, 0.5) is 0 Å². The average Bonchev–Trinajstić information content (AvgIpc) is 3.41. The molecule has 0 bridgehead atoms. The Morgan fingerprint density at radius 1 is 1.09 bits per heavy atom. The monoisotopic (exact) mass is 462 g/mol. The summed E-state index contributed by atoms with van der Waals surface area (Å²) in [6, 6.07) is 13.9. The van der Waals surface area contributed by atoms with Crippen molar-refractivity contribution in [1.82, 2.24) is 19.9 Å². The molecule has 0 spiro atoms. The number of hydrogen-bond donors (Lipinski definition) is 0. The van der Waals surface area contributed by atoms with Gasteiger partial charge in [-0.25, -0.2) is 0 Å². The quantitative estimate of drug-likeness (QED) is 0.555. The number of benzene rings is 2. The molecule has 1 saturated heterocycles. The lowest BCUT2D eigenvalue weighted by molar-refractivity contribution is -0.135. The number of aromatic nitrogens is 2. The SMILES string of the molecule is Cc1ccc(-c2noc(CN3CCN(C(=O)COc4cccc5c4OC(C)(C)C5)CC3)n2)cc1. The molecule has 2 aliphatic rings. The van der Waals surface area contributed by atoms with Gasteiger partial charge in [0.1, 0.15) is 5.60 Å². The second-order valence-electron chi connectivity index (χ2n) is 9.61. The summed E-state index contributed by atoms with van der Waals surface area (Å²) in [5.74, 6) is 2.56. The van der Waals surface area contributed by atoms with Crippen molar-refractivity contribution in [2.45, 2.75) is 39.3 Å². The fourth-order valence-electron chi connectivity index (χ4n) is 4.42. The highest BCUT2D eigenvalue weighted by molar-refractivity contribution is 5.78. The average molecular weight is 463 g/mol. The Hall–Kier alpha value is -3.39. The highest BCUT2D eigenvalue weighted by atomic mass is 16.5. The van der Waals surface area contributed by atoms with Gasteiger partial charge in [-0.3, -0.25) is 9.69 Å². The molecule has 0 saturated carbocycles. The van der Waals surface area contributed by atoms with Gasteiger partial charge >= 0.3 is 0 Å². The topological polar surface area (TPSA) is 80.9 Å². The van der Waals surface area contributed by atoms with Crippen molar-refractivity contribution < 1.29 is 18.8 Å². The number of rotatable bonds is 6. The molecule has 3 aromatic rings. The molecule has 0 N–H and O–H groups in total. The minimum absolute atomic E-state index is 0.00378. The lowest BCUT2D eigenvalue weighted by Gasteiger charge is -2.33. The summed E-state index contributed by atoms with van der Waals surface area (Å²) >= 11 is 0. The first-order valence-corrected chi connectivity index (χ1v) is 11.7. The maximum atomic E-state index is 12.7. The Bertz CT molecular complexity index is 1160. The first-order valence-electron chi connectivity index (χ1n) is 11.7. The van der Waals surface area contributed by atoms with Gasteiger partial charge in [0.25, 0.3) is 5.91 Å². The van der Waals surface area contributed by atoms with Crippen molar-refractivity contribution >= 4 is 5.91 Å². The number of piperazine rings is 1. The van der Waals surface area contributed by atoms with Crippen molar-refractivity contribution in [2.24, 2.45) is 0 Å².